The van der Waals surface area contributed by atoms with Crippen LogP contribution >= 0.6 is 11.3 Å². The molecule has 0 saturated carbocycles. The van der Waals surface area contributed by atoms with E-state index in [9.17, 15) is 9.90 Å². The zero-order chi connectivity index (χ0) is 24.4. The lowest BCUT2D eigenvalue weighted by atomic mass is 9.94. The molecule has 5 rings (SSSR count). The summed E-state index contributed by atoms with van der Waals surface area (Å²) >= 11 is 1.73. The number of carbonyl (C=O) groups excluding carboxylic acids is 1. The number of thiophene rings is 1. The van der Waals surface area contributed by atoms with Crippen molar-refractivity contribution < 1.29 is 9.90 Å². The second-order valence-electron chi connectivity index (χ2n) is 10.2. The second kappa shape index (κ2) is 10.6. The molecule has 0 radical (unpaired) electrons. The van der Waals surface area contributed by atoms with Crippen molar-refractivity contribution in [2.45, 2.75) is 51.6 Å². The average Bonchev–Trinajstić information content (AvgIpc) is 3.32. The maximum Gasteiger partial charge on any atom is 0.255 e. The number of carbonyl (C=O) groups is 1. The van der Waals surface area contributed by atoms with Crippen LogP contribution in [0.5, 0.6) is 0 Å². The Bertz CT molecular complexity index is 1170. The van der Waals surface area contributed by atoms with Crippen LogP contribution in [0.1, 0.15) is 49.9 Å². The molecule has 3 aromatic rings. The minimum atomic E-state index is -0.0619. The van der Waals surface area contributed by atoms with Crippen LogP contribution in [0.15, 0.2) is 41.8 Å². The van der Waals surface area contributed by atoms with Gasteiger partial charge in [0.2, 0.25) is 0 Å². The lowest BCUT2D eigenvalue weighted by Gasteiger charge is -2.42. The van der Waals surface area contributed by atoms with Gasteiger partial charge in [0.05, 0.1) is 11.3 Å². The maximum absolute atomic E-state index is 13.1. The van der Waals surface area contributed by atoms with Crippen LogP contribution in [0.25, 0.3) is 21.3 Å². The van der Waals surface area contributed by atoms with Crippen LogP contribution in [-0.4, -0.2) is 65.8 Å². The minimum Gasteiger partial charge on any atom is -0.396 e. The third kappa shape index (κ3) is 5.22. The molecule has 2 aromatic heterocycles. The summed E-state index contributed by atoms with van der Waals surface area (Å²) in [5.74, 6) is 1.14. The Morgan fingerprint density at radius 2 is 1.94 bits per heavy atom. The van der Waals surface area contributed by atoms with E-state index in [0.717, 1.165) is 62.5 Å². The summed E-state index contributed by atoms with van der Waals surface area (Å²) in [4.78, 5) is 23.1. The molecular weight excluding hydrogens is 456 g/mol. The molecule has 2 aliphatic heterocycles. The highest BCUT2D eigenvalue weighted by Gasteiger charge is 2.30. The summed E-state index contributed by atoms with van der Waals surface area (Å²) in [6.07, 6.45) is 4.41. The first-order valence-electron chi connectivity index (χ1n) is 12.9. The summed E-state index contributed by atoms with van der Waals surface area (Å²) in [6, 6.07) is 13.0. The SMILES string of the molecule is CC(C)NC(=O)c1ccc(-c2csc3ccccc23)nc1N1CCC(N2CCC[C@@H](CO)C2)CC1. The third-order valence-corrected chi connectivity index (χ3v) is 8.35. The summed E-state index contributed by atoms with van der Waals surface area (Å²) in [6.45, 7) is 8.16. The number of piperidine rings is 2. The molecule has 0 bridgehead atoms. The molecule has 2 N–H and O–H groups in total. The highest BCUT2D eigenvalue weighted by molar-refractivity contribution is 7.17. The fraction of sp³-hybridized carbons (Fsp3) is 0.500. The van der Waals surface area contributed by atoms with Crippen LogP contribution in [0.3, 0.4) is 0 Å². The van der Waals surface area contributed by atoms with Crippen molar-refractivity contribution in [3.63, 3.8) is 0 Å². The Hall–Kier alpha value is -2.48. The number of pyridine rings is 1. The van der Waals surface area contributed by atoms with Crippen molar-refractivity contribution in [2.75, 3.05) is 37.7 Å². The Labute approximate surface area is 212 Å². The summed E-state index contributed by atoms with van der Waals surface area (Å²) in [5.41, 5.74) is 2.70. The van der Waals surface area contributed by atoms with Gasteiger partial charge in [0, 0.05) is 59.4 Å². The largest absolute Gasteiger partial charge is 0.396 e. The van der Waals surface area contributed by atoms with Gasteiger partial charge >= 0.3 is 0 Å². The zero-order valence-corrected chi connectivity index (χ0v) is 21.6. The first-order chi connectivity index (χ1) is 17.0. The van der Waals surface area contributed by atoms with Gasteiger partial charge in [0.1, 0.15) is 5.82 Å². The summed E-state index contributed by atoms with van der Waals surface area (Å²) in [5, 5.41) is 16.1. The standard InChI is InChI=1S/C28H36N4O2S/c1-19(2)29-28(34)23-9-10-25(24-18-35-26-8-4-3-7-22(24)26)30-27(23)31-14-11-21(12-15-31)32-13-5-6-20(16-32)17-33/h3-4,7-10,18-21,33H,5-6,11-17H2,1-2H3,(H,29,34)/t20-/m1/s1. The van der Waals surface area contributed by atoms with Gasteiger partial charge in [-0.15, -0.1) is 11.3 Å². The fourth-order valence-corrected chi connectivity index (χ4v) is 6.51. The number of aliphatic hydroxyl groups is 1. The zero-order valence-electron chi connectivity index (χ0n) is 20.7. The van der Waals surface area contributed by atoms with E-state index in [4.69, 9.17) is 4.98 Å². The van der Waals surface area contributed by atoms with Gasteiger partial charge in [-0.3, -0.25) is 9.69 Å². The van der Waals surface area contributed by atoms with Crippen LogP contribution in [0, 0.1) is 5.92 Å². The first-order valence-corrected chi connectivity index (χ1v) is 13.8. The van der Waals surface area contributed by atoms with Gasteiger partial charge < -0.3 is 15.3 Å². The first kappa shape index (κ1) is 24.2. The molecule has 35 heavy (non-hydrogen) atoms. The van der Waals surface area contributed by atoms with Gasteiger partial charge in [-0.2, -0.15) is 0 Å². The molecule has 1 aromatic carbocycles. The molecule has 4 heterocycles. The highest BCUT2D eigenvalue weighted by atomic mass is 32.1. The number of nitrogens with zero attached hydrogens (tertiary/aromatic N) is 3. The minimum absolute atomic E-state index is 0.0619. The van der Waals surface area contributed by atoms with E-state index in [0.29, 0.717) is 17.5 Å². The number of aliphatic hydroxyl groups excluding tert-OH is 1. The van der Waals surface area contributed by atoms with Gasteiger partial charge in [0.15, 0.2) is 0 Å². The lowest BCUT2D eigenvalue weighted by molar-refractivity contribution is 0.0777. The Morgan fingerprint density at radius 3 is 2.71 bits per heavy atom. The molecule has 0 spiro atoms. The van der Waals surface area contributed by atoms with E-state index in [1.54, 1.807) is 11.3 Å². The van der Waals surface area contributed by atoms with E-state index in [2.05, 4.69) is 44.8 Å². The number of anilines is 1. The number of likely N-dealkylation sites (tertiary alicyclic amines) is 1. The van der Waals surface area contributed by atoms with Gasteiger partial charge in [-0.05, 0) is 70.2 Å². The van der Waals surface area contributed by atoms with E-state index >= 15 is 0 Å². The smallest absolute Gasteiger partial charge is 0.255 e. The molecule has 0 aliphatic carbocycles. The average molecular weight is 493 g/mol. The second-order valence-corrected chi connectivity index (χ2v) is 11.2. The number of fused-ring (bicyclic) bond motifs is 1. The van der Waals surface area contributed by atoms with Crippen molar-refractivity contribution in [1.29, 1.82) is 0 Å². The van der Waals surface area contributed by atoms with Crippen LogP contribution in [0.2, 0.25) is 0 Å². The molecule has 7 heteroatoms. The predicted molar refractivity (Wildman–Crippen MR) is 144 cm³/mol. The Morgan fingerprint density at radius 1 is 1.14 bits per heavy atom. The number of hydrogen-bond donors (Lipinski definition) is 2. The molecular formula is C28H36N4O2S. The molecule has 0 unspecified atom stereocenters. The molecule has 2 saturated heterocycles. The van der Waals surface area contributed by atoms with E-state index in [-0.39, 0.29) is 18.6 Å². The van der Waals surface area contributed by atoms with E-state index < -0.39 is 0 Å². The monoisotopic (exact) mass is 492 g/mol. The van der Waals surface area contributed by atoms with Gasteiger partial charge in [-0.1, -0.05) is 18.2 Å². The molecule has 6 nitrogen and oxygen atoms in total. The van der Waals surface area contributed by atoms with E-state index in [1.165, 1.54) is 16.5 Å². The molecule has 1 amide bonds. The Balaban J connectivity index is 1.41. The number of benzene rings is 1. The van der Waals surface area contributed by atoms with Crippen molar-refractivity contribution in [3.8, 4) is 11.3 Å². The fourth-order valence-electron chi connectivity index (χ4n) is 5.55. The van der Waals surface area contributed by atoms with Crippen molar-refractivity contribution in [1.82, 2.24) is 15.2 Å². The lowest BCUT2D eigenvalue weighted by Crippen LogP contribution is -2.49. The number of rotatable bonds is 6. The van der Waals surface area contributed by atoms with Gasteiger partial charge in [0.25, 0.3) is 5.91 Å². The molecule has 186 valence electrons. The maximum atomic E-state index is 13.1. The highest BCUT2D eigenvalue weighted by Crippen LogP contribution is 2.35. The van der Waals surface area contributed by atoms with Crippen LogP contribution < -0.4 is 10.2 Å². The number of hydrogen-bond acceptors (Lipinski definition) is 6. The topological polar surface area (TPSA) is 68.7 Å². The third-order valence-electron chi connectivity index (χ3n) is 7.39. The number of aromatic nitrogens is 1. The molecule has 2 fully saturated rings. The summed E-state index contributed by atoms with van der Waals surface area (Å²) < 4.78 is 1.25. The van der Waals surface area contributed by atoms with Crippen LogP contribution in [0.4, 0.5) is 5.82 Å². The summed E-state index contributed by atoms with van der Waals surface area (Å²) in [7, 11) is 0. The number of amides is 1. The van der Waals surface area contributed by atoms with Gasteiger partial charge in [-0.25, -0.2) is 4.98 Å². The quantitative estimate of drug-likeness (QED) is 0.519. The Kier molecular flexibility index (Phi) is 7.37. The van der Waals surface area contributed by atoms with Crippen molar-refractivity contribution in [3.05, 3.63) is 47.3 Å². The molecule has 1 atom stereocenters. The van der Waals surface area contributed by atoms with Crippen molar-refractivity contribution >= 4 is 33.1 Å². The predicted octanol–water partition coefficient (Wildman–Crippen LogP) is 4.77. The van der Waals surface area contributed by atoms with Crippen LogP contribution in [-0.2, 0) is 0 Å². The van der Waals surface area contributed by atoms with E-state index in [1.807, 2.05) is 26.0 Å². The van der Waals surface area contributed by atoms with Crippen molar-refractivity contribution in [2.24, 2.45) is 5.92 Å². The number of nitrogens with one attached hydrogen (secondary N) is 1. The normalized spacial score (nSPS) is 20.0. The molecule has 2 aliphatic rings.